The van der Waals surface area contributed by atoms with E-state index in [9.17, 15) is 13.2 Å². The molecule has 0 unspecified atom stereocenters. The van der Waals surface area contributed by atoms with Crippen molar-refractivity contribution in [1.82, 2.24) is 5.32 Å². The number of hydrogen-bond acceptors (Lipinski definition) is 6. The van der Waals surface area contributed by atoms with Gasteiger partial charge in [-0.2, -0.15) is 0 Å². The molecular weight excluding hydrogens is 310 g/mol. The Morgan fingerprint density at radius 3 is 2.36 bits per heavy atom. The highest BCUT2D eigenvalue weighted by Gasteiger charge is 2.22. The van der Waals surface area contributed by atoms with Crippen LogP contribution in [0.15, 0.2) is 17.0 Å². The van der Waals surface area contributed by atoms with Crippen LogP contribution in [0.2, 0.25) is 0 Å². The summed E-state index contributed by atoms with van der Waals surface area (Å²) >= 11 is 0. The van der Waals surface area contributed by atoms with Crippen LogP contribution in [0.3, 0.4) is 0 Å². The molecule has 1 aromatic rings. The Kier molecular flexibility index (Phi) is 6.63. The molecule has 1 rings (SSSR count). The Morgan fingerprint density at radius 1 is 1.23 bits per heavy atom. The van der Waals surface area contributed by atoms with E-state index in [0.717, 1.165) is 5.56 Å². The average molecular weight is 331 g/mol. The van der Waals surface area contributed by atoms with E-state index in [-0.39, 0.29) is 16.6 Å². The zero-order chi connectivity index (χ0) is 16.8. The molecule has 0 spiro atoms. The molecule has 0 radical (unpaired) electrons. The first-order valence-corrected chi connectivity index (χ1v) is 8.34. The van der Waals surface area contributed by atoms with E-state index in [1.54, 1.807) is 6.07 Å². The van der Waals surface area contributed by atoms with Crippen LogP contribution < -0.4 is 14.8 Å². The molecule has 0 fully saturated rings. The third-order valence-electron chi connectivity index (χ3n) is 3.03. The fourth-order valence-electron chi connectivity index (χ4n) is 1.97. The first kappa shape index (κ1) is 18.2. The molecule has 0 saturated heterocycles. The third-order valence-corrected chi connectivity index (χ3v) is 4.74. The fraction of sp³-hybridized carbons (Fsp3) is 0.500. The van der Waals surface area contributed by atoms with E-state index in [1.165, 1.54) is 27.2 Å². The molecule has 7 nitrogen and oxygen atoms in total. The summed E-state index contributed by atoms with van der Waals surface area (Å²) < 4.78 is 34.6. The second-order valence-corrected chi connectivity index (χ2v) is 6.67. The second kappa shape index (κ2) is 8.00. The zero-order valence-corrected chi connectivity index (χ0v) is 13.7. The Balaban J connectivity index is 3.20. The van der Waals surface area contributed by atoms with Crippen LogP contribution >= 0.6 is 0 Å². The molecule has 0 aliphatic rings. The number of nitrogens with one attached hydrogen (secondary N) is 1. The maximum absolute atomic E-state index is 12.1. The van der Waals surface area contributed by atoms with E-state index >= 15 is 0 Å². The summed E-state index contributed by atoms with van der Waals surface area (Å²) in [6.07, 6.45) is 0.472. The van der Waals surface area contributed by atoms with Gasteiger partial charge in [0.2, 0.25) is 5.91 Å². The second-order valence-electron chi connectivity index (χ2n) is 4.59. The Bertz CT molecular complexity index is 626. The number of benzene rings is 1. The van der Waals surface area contributed by atoms with Crippen molar-refractivity contribution in [2.45, 2.75) is 18.2 Å². The number of sulfone groups is 1. The minimum absolute atomic E-state index is 0.0239. The number of aliphatic hydroxyl groups is 1. The monoisotopic (exact) mass is 331 g/mol. The molecular formula is C14H21NO6S. The van der Waals surface area contributed by atoms with E-state index in [1.807, 2.05) is 0 Å². The van der Waals surface area contributed by atoms with Gasteiger partial charge in [-0.25, -0.2) is 8.42 Å². The van der Waals surface area contributed by atoms with Crippen molar-refractivity contribution >= 4 is 15.7 Å². The Labute approximate surface area is 130 Å². The van der Waals surface area contributed by atoms with Gasteiger partial charge in [0.15, 0.2) is 9.84 Å². The summed E-state index contributed by atoms with van der Waals surface area (Å²) in [5.74, 6) is 0.0420. The van der Waals surface area contributed by atoms with Crippen LogP contribution in [0.1, 0.15) is 12.5 Å². The molecule has 2 N–H and O–H groups in total. The molecule has 0 bridgehead atoms. The topological polar surface area (TPSA) is 102 Å². The minimum Gasteiger partial charge on any atom is -0.496 e. The number of carbonyl (C=O) groups excluding carboxylic acids is 1. The smallest absolute Gasteiger partial charge is 0.216 e. The van der Waals surface area contributed by atoms with E-state index in [4.69, 9.17) is 14.6 Å². The highest BCUT2D eigenvalue weighted by molar-refractivity contribution is 7.91. The third kappa shape index (κ3) is 4.60. The number of hydrogen-bond donors (Lipinski definition) is 2. The lowest BCUT2D eigenvalue weighted by Crippen LogP contribution is -2.22. The quantitative estimate of drug-likeness (QED) is 0.703. The van der Waals surface area contributed by atoms with Gasteiger partial charge in [0.25, 0.3) is 0 Å². The van der Waals surface area contributed by atoms with E-state index < -0.39 is 22.2 Å². The standard InChI is InChI=1S/C14H21NO6S/c1-10(17)15-5-4-11-8-13(21-3)14(9-12(11)20-2)22(18,19)7-6-16/h8-9,16H,4-7H2,1-3H3,(H,15,17). The molecule has 22 heavy (non-hydrogen) atoms. The van der Waals surface area contributed by atoms with Gasteiger partial charge in [0, 0.05) is 19.5 Å². The van der Waals surface area contributed by atoms with Gasteiger partial charge in [0.05, 0.1) is 26.6 Å². The number of aliphatic hydroxyl groups excluding tert-OH is 1. The first-order valence-electron chi connectivity index (χ1n) is 6.68. The van der Waals surface area contributed by atoms with Crippen molar-refractivity contribution in [2.24, 2.45) is 0 Å². The van der Waals surface area contributed by atoms with Crippen molar-refractivity contribution in [3.05, 3.63) is 17.7 Å². The number of carbonyl (C=O) groups is 1. The van der Waals surface area contributed by atoms with E-state index in [0.29, 0.717) is 18.7 Å². The van der Waals surface area contributed by atoms with Crippen molar-refractivity contribution < 1.29 is 27.8 Å². The largest absolute Gasteiger partial charge is 0.496 e. The van der Waals surface area contributed by atoms with Crippen molar-refractivity contribution in [2.75, 3.05) is 33.1 Å². The summed E-state index contributed by atoms with van der Waals surface area (Å²) in [7, 11) is -0.852. The van der Waals surface area contributed by atoms with Gasteiger partial charge in [0.1, 0.15) is 16.4 Å². The summed E-state index contributed by atoms with van der Waals surface area (Å²) in [5, 5.41) is 11.5. The molecule has 124 valence electrons. The summed E-state index contributed by atoms with van der Waals surface area (Å²) in [5.41, 5.74) is 0.719. The van der Waals surface area contributed by atoms with Crippen LogP contribution in [0.4, 0.5) is 0 Å². The van der Waals surface area contributed by atoms with Gasteiger partial charge in [-0.15, -0.1) is 0 Å². The molecule has 1 aromatic carbocycles. The molecule has 0 atom stereocenters. The van der Waals surface area contributed by atoms with Crippen LogP contribution in [-0.4, -0.2) is 52.6 Å². The maximum atomic E-state index is 12.1. The van der Waals surface area contributed by atoms with Crippen LogP contribution in [0, 0.1) is 0 Å². The molecule has 0 saturated carbocycles. The lowest BCUT2D eigenvalue weighted by atomic mass is 10.1. The van der Waals surface area contributed by atoms with Crippen LogP contribution in [0.5, 0.6) is 11.5 Å². The Morgan fingerprint density at radius 2 is 1.86 bits per heavy atom. The number of rotatable bonds is 8. The average Bonchev–Trinajstić information content (AvgIpc) is 2.46. The molecule has 0 aromatic heterocycles. The number of ether oxygens (including phenoxy) is 2. The predicted octanol–water partition coefficient (Wildman–Crippen LogP) is 0.148. The molecule has 1 amide bonds. The highest BCUT2D eigenvalue weighted by Crippen LogP contribution is 2.33. The normalized spacial score (nSPS) is 11.1. The molecule has 0 heterocycles. The van der Waals surface area contributed by atoms with Gasteiger partial charge in [-0.05, 0) is 18.1 Å². The van der Waals surface area contributed by atoms with Crippen molar-refractivity contribution in [3.8, 4) is 11.5 Å². The van der Waals surface area contributed by atoms with Gasteiger partial charge in [-0.1, -0.05) is 0 Å². The van der Waals surface area contributed by atoms with Gasteiger partial charge < -0.3 is 19.9 Å². The highest BCUT2D eigenvalue weighted by atomic mass is 32.2. The van der Waals surface area contributed by atoms with Crippen molar-refractivity contribution in [3.63, 3.8) is 0 Å². The van der Waals surface area contributed by atoms with Gasteiger partial charge in [-0.3, -0.25) is 4.79 Å². The zero-order valence-electron chi connectivity index (χ0n) is 12.9. The first-order chi connectivity index (χ1) is 10.4. The molecule has 8 heteroatoms. The number of methoxy groups -OCH3 is 2. The maximum Gasteiger partial charge on any atom is 0.216 e. The minimum atomic E-state index is -3.66. The fourth-order valence-corrected chi connectivity index (χ4v) is 3.17. The summed E-state index contributed by atoms with van der Waals surface area (Å²) in [6.45, 7) is 1.35. The van der Waals surface area contributed by atoms with Crippen LogP contribution in [0.25, 0.3) is 0 Å². The van der Waals surface area contributed by atoms with Crippen LogP contribution in [-0.2, 0) is 21.1 Å². The molecule has 0 aliphatic carbocycles. The predicted molar refractivity (Wildman–Crippen MR) is 81.1 cm³/mol. The summed E-state index contributed by atoms with van der Waals surface area (Å²) in [6, 6.07) is 2.96. The molecule has 0 aliphatic heterocycles. The lowest BCUT2D eigenvalue weighted by Gasteiger charge is -2.15. The Hall–Kier alpha value is -1.80. The lowest BCUT2D eigenvalue weighted by molar-refractivity contribution is -0.118. The van der Waals surface area contributed by atoms with Gasteiger partial charge >= 0.3 is 0 Å². The summed E-state index contributed by atoms with van der Waals surface area (Å²) in [4.78, 5) is 10.9. The number of amides is 1. The van der Waals surface area contributed by atoms with E-state index in [2.05, 4.69) is 5.32 Å². The SMILES string of the molecule is COc1cc(S(=O)(=O)CCO)c(OC)cc1CCNC(C)=O. The van der Waals surface area contributed by atoms with Crippen molar-refractivity contribution in [1.29, 1.82) is 0 Å².